The van der Waals surface area contributed by atoms with Crippen molar-refractivity contribution < 1.29 is 14.3 Å². The van der Waals surface area contributed by atoms with Gasteiger partial charge in [-0.25, -0.2) is 15.0 Å². The number of hydrogen-bond donors (Lipinski definition) is 2. The lowest BCUT2D eigenvalue weighted by Crippen LogP contribution is -2.43. The van der Waals surface area contributed by atoms with Crippen LogP contribution in [0.4, 0.5) is 21.0 Å². The van der Waals surface area contributed by atoms with Gasteiger partial charge in [-0.05, 0) is 36.2 Å². The fraction of sp³-hybridized carbons (Fsp3) is 0.167. The molecule has 27 heavy (non-hydrogen) atoms. The van der Waals surface area contributed by atoms with Crippen LogP contribution in [0.3, 0.4) is 0 Å². The van der Waals surface area contributed by atoms with Gasteiger partial charge in [-0.1, -0.05) is 23.7 Å². The number of benzene rings is 2. The highest BCUT2D eigenvalue weighted by atomic mass is 35.5. The quantitative estimate of drug-likeness (QED) is 0.705. The molecule has 0 unspecified atom stereocenters. The predicted octanol–water partition coefficient (Wildman–Crippen LogP) is 3.40. The summed E-state index contributed by atoms with van der Waals surface area (Å²) in [6.45, 7) is 0.636. The first-order valence-corrected chi connectivity index (χ1v) is 8.64. The topological polar surface area (TPSA) is 88.5 Å². The molecule has 0 saturated carbocycles. The second-order valence-corrected chi connectivity index (χ2v) is 6.38. The monoisotopic (exact) mass is 385 g/mol. The van der Waals surface area contributed by atoms with Gasteiger partial charge in [0.2, 0.25) is 0 Å². The Bertz CT molecular complexity index is 1050. The average molecular weight is 386 g/mol. The lowest BCUT2D eigenvalue weighted by Gasteiger charge is -2.21. The van der Waals surface area contributed by atoms with Crippen molar-refractivity contribution in [1.29, 1.82) is 0 Å². The van der Waals surface area contributed by atoms with E-state index in [9.17, 15) is 9.59 Å². The molecule has 9 heteroatoms. The minimum atomic E-state index is -0.600. The van der Waals surface area contributed by atoms with E-state index in [0.717, 1.165) is 22.4 Å². The number of rotatable bonds is 2. The Balaban J connectivity index is 1.54. The fourth-order valence-corrected chi connectivity index (χ4v) is 3.44. The van der Waals surface area contributed by atoms with Gasteiger partial charge in [-0.3, -0.25) is 5.01 Å². The van der Waals surface area contributed by atoms with Crippen LogP contribution >= 0.6 is 11.6 Å². The predicted molar refractivity (Wildman–Crippen MR) is 102 cm³/mol. The molecule has 0 bridgehead atoms. The van der Waals surface area contributed by atoms with Crippen LogP contribution in [0.5, 0.6) is 0 Å². The van der Waals surface area contributed by atoms with Crippen LogP contribution in [-0.4, -0.2) is 35.6 Å². The maximum atomic E-state index is 12.5. The van der Waals surface area contributed by atoms with Crippen LogP contribution in [0.25, 0.3) is 10.9 Å². The van der Waals surface area contributed by atoms with Crippen molar-refractivity contribution in [3.8, 4) is 0 Å². The molecule has 0 aliphatic carbocycles. The van der Waals surface area contributed by atoms with E-state index >= 15 is 0 Å². The SMILES string of the molecule is COC(=O)n1ncc2c(NC(=O)NN3CCc4c(Cl)cccc43)cccc21. The zero-order valence-electron chi connectivity index (χ0n) is 14.4. The maximum absolute atomic E-state index is 12.5. The van der Waals surface area contributed by atoms with E-state index in [2.05, 4.69) is 15.8 Å². The summed E-state index contributed by atoms with van der Waals surface area (Å²) >= 11 is 6.20. The van der Waals surface area contributed by atoms with Gasteiger partial charge in [0.05, 0.1) is 30.2 Å². The Morgan fingerprint density at radius 2 is 2.04 bits per heavy atom. The number of anilines is 2. The summed E-state index contributed by atoms with van der Waals surface area (Å²) in [6.07, 6.45) is 1.67. The minimum absolute atomic E-state index is 0.402. The lowest BCUT2D eigenvalue weighted by atomic mass is 10.2. The van der Waals surface area contributed by atoms with Crippen molar-refractivity contribution in [1.82, 2.24) is 15.2 Å². The molecule has 0 fully saturated rings. The molecule has 0 radical (unpaired) electrons. The van der Waals surface area contributed by atoms with E-state index in [0.29, 0.717) is 28.2 Å². The van der Waals surface area contributed by atoms with Gasteiger partial charge in [-0.2, -0.15) is 9.78 Å². The van der Waals surface area contributed by atoms with Gasteiger partial charge in [0, 0.05) is 17.0 Å². The summed E-state index contributed by atoms with van der Waals surface area (Å²) in [4.78, 5) is 24.2. The van der Waals surface area contributed by atoms with Gasteiger partial charge >= 0.3 is 12.1 Å². The molecule has 3 aromatic rings. The molecule has 4 rings (SSSR count). The number of ether oxygens (including phenoxy) is 1. The summed E-state index contributed by atoms with van der Waals surface area (Å²) in [5, 5.41) is 9.90. The number of methoxy groups -OCH3 is 1. The standard InChI is InChI=1S/C18H16ClN5O3/c1-27-18(26)24-16-7-3-5-14(12(16)10-20-24)21-17(25)22-23-9-8-11-13(19)4-2-6-15(11)23/h2-7,10H,8-9H2,1H3,(H2,21,22,25). The van der Waals surface area contributed by atoms with Crippen LogP contribution in [0.1, 0.15) is 5.56 Å². The Labute approximate surface area is 159 Å². The van der Waals surface area contributed by atoms with E-state index in [1.165, 1.54) is 13.3 Å². The normalized spacial score (nSPS) is 12.7. The Kier molecular flexibility index (Phi) is 4.33. The summed E-state index contributed by atoms with van der Waals surface area (Å²) in [7, 11) is 1.28. The number of nitrogens with zero attached hydrogens (tertiary/aromatic N) is 3. The van der Waals surface area contributed by atoms with Crippen molar-refractivity contribution in [2.45, 2.75) is 6.42 Å². The van der Waals surface area contributed by atoms with Crippen LogP contribution in [0.2, 0.25) is 5.02 Å². The zero-order valence-corrected chi connectivity index (χ0v) is 15.2. The number of fused-ring (bicyclic) bond motifs is 2. The van der Waals surface area contributed by atoms with E-state index in [1.54, 1.807) is 23.2 Å². The molecule has 1 aromatic heterocycles. The van der Waals surface area contributed by atoms with Crippen LogP contribution in [0, 0.1) is 0 Å². The molecule has 2 N–H and O–H groups in total. The molecule has 2 heterocycles. The molecule has 1 aliphatic rings. The van der Waals surface area contributed by atoms with Crippen molar-refractivity contribution in [3.05, 3.63) is 53.2 Å². The molecule has 2 amide bonds. The van der Waals surface area contributed by atoms with Gasteiger partial charge in [0.1, 0.15) is 0 Å². The third kappa shape index (κ3) is 3.04. The number of aromatic nitrogens is 2. The van der Waals surface area contributed by atoms with Gasteiger partial charge in [0.15, 0.2) is 0 Å². The number of halogens is 1. The van der Waals surface area contributed by atoms with Crippen molar-refractivity contribution >= 4 is 46.0 Å². The molecule has 0 atom stereocenters. The number of carbonyl (C=O) groups is 2. The first-order valence-electron chi connectivity index (χ1n) is 8.26. The number of amides is 2. The highest BCUT2D eigenvalue weighted by Gasteiger charge is 2.23. The van der Waals surface area contributed by atoms with Gasteiger partial charge < -0.3 is 10.1 Å². The number of urea groups is 1. The molecule has 1 aliphatic heterocycles. The van der Waals surface area contributed by atoms with Crippen LogP contribution < -0.4 is 15.8 Å². The largest absolute Gasteiger partial charge is 0.451 e. The third-order valence-corrected chi connectivity index (χ3v) is 4.77. The summed E-state index contributed by atoms with van der Waals surface area (Å²) in [6, 6.07) is 10.4. The molecule has 138 valence electrons. The van der Waals surface area contributed by atoms with E-state index in [-0.39, 0.29) is 0 Å². The van der Waals surface area contributed by atoms with E-state index in [1.807, 2.05) is 18.2 Å². The van der Waals surface area contributed by atoms with Gasteiger partial charge in [-0.15, -0.1) is 0 Å². The minimum Gasteiger partial charge on any atom is -0.451 e. The Morgan fingerprint density at radius 1 is 1.22 bits per heavy atom. The average Bonchev–Trinajstić information content (AvgIpc) is 3.27. The third-order valence-electron chi connectivity index (χ3n) is 4.42. The number of carbonyl (C=O) groups excluding carboxylic acids is 2. The van der Waals surface area contributed by atoms with E-state index < -0.39 is 12.1 Å². The summed E-state index contributed by atoms with van der Waals surface area (Å²) in [5.41, 5.74) is 5.79. The van der Waals surface area contributed by atoms with Crippen molar-refractivity contribution in [2.75, 3.05) is 24.0 Å². The number of hydrogen-bond acceptors (Lipinski definition) is 5. The molecular weight excluding hydrogens is 370 g/mol. The molecule has 0 saturated heterocycles. The Morgan fingerprint density at radius 3 is 2.85 bits per heavy atom. The number of hydrazine groups is 1. The molecular formula is C18H16ClN5O3. The van der Waals surface area contributed by atoms with Gasteiger partial charge in [0.25, 0.3) is 0 Å². The summed E-state index contributed by atoms with van der Waals surface area (Å²) < 4.78 is 5.84. The van der Waals surface area contributed by atoms with Crippen LogP contribution in [-0.2, 0) is 11.2 Å². The smallest absolute Gasteiger partial charge is 0.434 e. The highest BCUT2D eigenvalue weighted by molar-refractivity contribution is 6.31. The summed E-state index contributed by atoms with van der Waals surface area (Å²) in [5.74, 6) is 0. The molecule has 0 spiro atoms. The lowest BCUT2D eigenvalue weighted by molar-refractivity contribution is 0.170. The van der Waals surface area contributed by atoms with E-state index in [4.69, 9.17) is 16.3 Å². The maximum Gasteiger partial charge on any atom is 0.434 e. The molecule has 2 aromatic carbocycles. The highest BCUT2D eigenvalue weighted by Crippen LogP contribution is 2.32. The van der Waals surface area contributed by atoms with Crippen molar-refractivity contribution in [3.63, 3.8) is 0 Å². The second kappa shape index (κ2) is 6.81. The fourth-order valence-electron chi connectivity index (χ4n) is 3.17. The first-order chi connectivity index (χ1) is 13.1. The molecule has 8 nitrogen and oxygen atoms in total. The second-order valence-electron chi connectivity index (χ2n) is 5.97. The Hall–Kier alpha value is -3.26. The number of nitrogens with one attached hydrogen (secondary N) is 2. The van der Waals surface area contributed by atoms with Crippen molar-refractivity contribution in [2.24, 2.45) is 0 Å². The zero-order chi connectivity index (χ0) is 19.0. The first kappa shape index (κ1) is 17.2. The van der Waals surface area contributed by atoms with Crippen LogP contribution in [0.15, 0.2) is 42.6 Å².